The Balaban J connectivity index is 1.96. The molecule has 0 aromatic heterocycles. The van der Waals surface area contributed by atoms with Crippen LogP contribution in [0.4, 0.5) is 15.8 Å². The molecule has 2 aromatic rings. The SMILES string of the molecule is COc1ccc(N2C(=O)CC(c3ccccc3F)C3=C2CC(C)(C)CC3=O)c([N+](=O)[O-])c1. The molecule has 0 bridgehead atoms. The van der Waals surface area contributed by atoms with Gasteiger partial charge in [0.15, 0.2) is 5.78 Å². The minimum atomic E-state index is -0.726. The van der Waals surface area contributed by atoms with Crippen molar-refractivity contribution in [1.82, 2.24) is 0 Å². The number of hydrogen-bond donors (Lipinski definition) is 0. The normalized spacial score (nSPS) is 20.2. The van der Waals surface area contributed by atoms with Crippen molar-refractivity contribution < 1.29 is 23.6 Å². The third-order valence-corrected chi connectivity index (χ3v) is 6.04. The number of ether oxygens (including phenoxy) is 1. The first-order chi connectivity index (χ1) is 15.1. The summed E-state index contributed by atoms with van der Waals surface area (Å²) in [4.78, 5) is 39.2. The summed E-state index contributed by atoms with van der Waals surface area (Å²) < 4.78 is 19.8. The van der Waals surface area contributed by atoms with Crippen molar-refractivity contribution in [3.05, 3.63) is 75.2 Å². The van der Waals surface area contributed by atoms with Crippen molar-refractivity contribution >= 4 is 23.1 Å². The van der Waals surface area contributed by atoms with Crippen LogP contribution in [0, 0.1) is 21.3 Å². The molecule has 0 radical (unpaired) electrons. The van der Waals surface area contributed by atoms with Crippen molar-refractivity contribution in [2.45, 2.75) is 39.0 Å². The summed E-state index contributed by atoms with van der Waals surface area (Å²) in [5.41, 5.74) is 0.372. The number of halogens is 1. The average molecular weight is 438 g/mol. The maximum Gasteiger partial charge on any atom is 0.297 e. The highest BCUT2D eigenvalue weighted by atomic mass is 19.1. The fraction of sp³-hybridized carbons (Fsp3) is 0.333. The number of nitro groups is 1. The lowest BCUT2D eigenvalue weighted by molar-refractivity contribution is -0.384. The summed E-state index contributed by atoms with van der Waals surface area (Å²) in [5, 5.41) is 11.8. The van der Waals surface area contributed by atoms with Gasteiger partial charge in [0.2, 0.25) is 5.91 Å². The number of rotatable bonds is 4. The molecule has 2 aliphatic rings. The molecule has 1 amide bonds. The second-order valence-electron chi connectivity index (χ2n) is 8.92. The largest absolute Gasteiger partial charge is 0.496 e. The monoisotopic (exact) mass is 438 g/mol. The van der Waals surface area contributed by atoms with E-state index in [1.165, 1.54) is 36.3 Å². The highest BCUT2D eigenvalue weighted by Crippen LogP contribution is 2.49. The smallest absolute Gasteiger partial charge is 0.297 e. The number of nitrogens with zero attached hydrogens (tertiary/aromatic N) is 2. The number of amides is 1. The Labute approximate surface area is 184 Å². The van der Waals surface area contributed by atoms with Gasteiger partial charge in [-0.25, -0.2) is 4.39 Å². The van der Waals surface area contributed by atoms with Crippen molar-refractivity contribution in [2.75, 3.05) is 12.0 Å². The van der Waals surface area contributed by atoms with Crippen LogP contribution in [0.5, 0.6) is 5.75 Å². The van der Waals surface area contributed by atoms with E-state index in [0.717, 1.165) is 0 Å². The second kappa shape index (κ2) is 7.85. The number of carbonyl (C=O) groups is 2. The number of ketones is 1. The summed E-state index contributed by atoms with van der Waals surface area (Å²) >= 11 is 0. The standard InChI is InChI=1S/C24H23FN2O5/c1-24(2)12-20-23(21(28)13-24)16(15-6-4-5-7-17(15)25)11-22(29)26(20)18-9-8-14(32-3)10-19(18)27(30)31/h4-10,16H,11-13H2,1-3H3. The molecule has 0 fully saturated rings. The van der Waals surface area contributed by atoms with Gasteiger partial charge in [-0.3, -0.25) is 24.6 Å². The summed E-state index contributed by atoms with van der Waals surface area (Å²) in [5.74, 6) is -1.52. The van der Waals surface area contributed by atoms with E-state index < -0.39 is 28.0 Å². The molecule has 0 saturated heterocycles. The molecule has 0 N–H and O–H groups in total. The van der Waals surface area contributed by atoms with E-state index in [9.17, 15) is 24.1 Å². The molecule has 1 atom stereocenters. The molecule has 32 heavy (non-hydrogen) atoms. The molecule has 0 spiro atoms. The Kier molecular flexibility index (Phi) is 5.32. The van der Waals surface area contributed by atoms with Crippen LogP contribution in [0.3, 0.4) is 0 Å². The topological polar surface area (TPSA) is 89.8 Å². The van der Waals surface area contributed by atoms with Gasteiger partial charge in [0.1, 0.15) is 17.3 Å². The third kappa shape index (κ3) is 3.66. The van der Waals surface area contributed by atoms with Crippen LogP contribution in [0.2, 0.25) is 0 Å². The molecule has 1 aliphatic heterocycles. The van der Waals surface area contributed by atoms with E-state index in [1.807, 2.05) is 13.8 Å². The lowest BCUT2D eigenvalue weighted by Gasteiger charge is -2.42. The molecule has 1 heterocycles. The molecule has 0 saturated carbocycles. The van der Waals surface area contributed by atoms with Crippen LogP contribution in [0.25, 0.3) is 0 Å². The van der Waals surface area contributed by atoms with Crippen molar-refractivity contribution in [2.24, 2.45) is 5.41 Å². The van der Waals surface area contributed by atoms with Gasteiger partial charge in [-0.1, -0.05) is 32.0 Å². The van der Waals surface area contributed by atoms with E-state index in [4.69, 9.17) is 4.74 Å². The Morgan fingerprint density at radius 1 is 1.16 bits per heavy atom. The van der Waals surface area contributed by atoms with Gasteiger partial charge < -0.3 is 4.74 Å². The van der Waals surface area contributed by atoms with Crippen LogP contribution in [-0.2, 0) is 9.59 Å². The van der Waals surface area contributed by atoms with Crippen molar-refractivity contribution in [3.8, 4) is 5.75 Å². The molecule has 4 rings (SSSR count). The molecule has 166 valence electrons. The van der Waals surface area contributed by atoms with E-state index in [1.54, 1.807) is 18.2 Å². The number of benzene rings is 2. The number of anilines is 1. The highest BCUT2D eigenvalue weighted by Gasteiger charge is 2.46. The van der Waals surface area contributed by atoms with Gasteiger partial charge in [0, 0.05) is 30.0 Å². The zero-order valence-electron chi connectivity index (χ0n) is 18.1. The van der Waals surface area contributed by atoms with E-state index in [-0.39, 0.29) is 41.3 Å². The van der Waals surface area contributed by atoms with Crippen molar-refractivity contribution in [3.63, 3.8) is 0 Å². The lowest BCUT2D eigenvalue weighted by atomic mass is 9.69. The quantitative estimate of drug-likeness (QED) is 0.500. The summed E-state index contributed by atoms with van der Waals surface area (Å²) in [7, 11) is 1.40. The molecular weight excluding hydrogens is 415 g/mol. The molecular formula is C24H23FN2O5. The summed E-state index contributed by atoms with van der Waals surface area (Å²) in [6.07, 6.45) is 0.451. The fourth-order valence-corrected chi connectivity index (χ4v) is 4.68. The van der Waals surface area contributed by atoms with Gasteiger partial charge in [-0.15, -0.1) is 0 Å². The number of Topliss-reactive ketones (excluding diaryl/α,β-unsaturated/α-hetero) is 1. The zero-order valence-corrected chi connectivity index (χ0v) is 18.1. The van der Waals surface area contributed by atoms with Crippen LogP contribution < -0.4 is 9.64 Å². The fourth-order valence-electron chi connectivity index (χ4n) is 4.68. The minimum Gasteiger partial charge on any atom is -0.496 e. The first-order valence-electron chi connectivity index (χ1n) is 10.3. The second-order valence-corrected chi connectivity index (χ2v) is 8.92. The first-order valence-corrected chi connectivity index (χ1v) is 10.3. The summed E-state index contributed by atoms with van der Waals surface area (Å²) in [6.45, 7) is 3.82. The van der Waals surface area contributed by atoms with E-state index in [2.05, 4.69) is 0 Å². The molecule has 1 aliphatic carbocycles. The van der Waals surface area contributed by atoms with Gasteiger partial charge in [-0.05, 0) is 35.6 Å². The van der Waals surface area contributed by atoms with Gasteiger partial charge in [0.05, 0.1) is 18.1 Å². The molecule has 7 nitrogen and oxygen atoms in total. The maximum absolute atomic E-state index is 14.7. The molecule has 8 heteroatoms. The predicted octanol–water partition coefficient (Wildman–Crippen LogP) is 4.91. The average Bonchev–Trinajstić information content (AvgIpc) is 2.72. The maximum atomic E-state index is 14.7. The molecule has 1 unspecified atom stereocenters. The van der Waals surface area contributed by atoms with Crippen LogP contribution in [0.1, 0.15) is 44.6 Å². The Bertz CT molecular complexity index is 1170. The predicted molar refractivity (Wildman–Crippen MR) is 116 cm³/mol. The lowest BCUT2D eigenvalue weighted by Crippen LogP contribution is -2.44. The number of hydrogen-bond acceptors (Lipinski definition) is 5. The number of nitro benzene ring substituents is 1. The third-order valence-electron chi connectivity index (χ3n) is 6.04. The van der Waals surface area contributed by atoms with Gasteiger partial charge >= 0.3 is 0 Å². The number of methoxy groups -OCH3 is 1. The summed E-state index contributed by atoms with van der Waals surface area (Å²) in [6, 6.07) is 10.3. The van der Waals surface area contributed by atoms with Crippen LogP contribution in [-0.4, -0.2) is 23.7 Å². The Morgan fingerprint density at radius 3 is 2.53 bits per heavy atom. The van der Waals surface area contributed by atoms with Crippen LogP contribution in [0.15, 0.2) is 53.7 Å². The Morgan fingerprint density at radius 2 is 1.88 bits per heavy atom. The Hall–Kier alpha value is -3.55. The highest BCUT2D eigenvalue weighted by molar-refractivity contribution is 6.08. The number of carbonyl (C=O) groups excluding carboxylic acids is 2. The van der Waals surface area contributed by atoms with Gasteiger partial charge in [-0.2, -0.15) is 0 Å². The van der Waals surface area contributed by atoms with E-state index >= 15 is 0 Å². The number of allylic oxidation sites excluding steroid dienone is 2. The van der Waals surface area contributed by atoms with Gasteiger partial charge in [0.25, 0.3) is 5.69 Å². The van der Waals surface area contributed by atoms with E-state index in [0.29, 0.717) is 17.7 Å². The van der Waals surface area contributed by atoms with Crippen LogP contribution >= 0.6 is 0 Å². The zero-order chi connectivity index (χ0) is 23.2. The first kappa shape index (κ1) is 21.7. The molecule has 2 aromatic carbocycles. The van der Waals surface area contributed by atoms with Crippen molar-refractivity contribution in [1.29, 1.82) is 0 Å². The minimum absolute atomic E-state index is 0.0748.